The summed E-state index contributed by atoms with van der Waals surface area (Å²) in [6.45, 7) is 2.49. The number of amides is 2. The highest BCUT2D eigenvalue weighted by Gasteiger charge is 2.18. The Bertz CT molecular complexity index is 1440. The lowest BCUT2D eigenvalue weighted by atomic mass is 10.2. The number of benzene rings is 3. The monoisotopic (exact) mass is 565 g/mol. The minimum atomic E-state index is -0.388. The molecule has 4 rings (SSSR count). The van der Waals surface area contributed by atoms with Crippen LogP contribution in [0.4, 0.5) is 10.1 Å². The Balaban J connectivity index is 1.53. The van der Waals surface area contributed by atoms with E-state index >= 15 is 0 Å². The van der Waals surface area contributed by atoms with Gasteiger partial charge in [0.15, 0.2) is 11.0 Å². The van der Waals surface area contributed by atoms with E-state index in [-0.39, 0.29) is 29.9 Å². The van der Waals surface area contributed by atoms with Crippen LogP contribution in [0.1, 0.15) is 23.1 Å². The second kappa shape index (κ2) is 13.5. The first-order valence-corrected chi connectivity index (χ1v) is 13.3. The van der Waals surface area contributed by atoms with Crippen molar-refractivity contribution < 1.29 is 28.2 Å². The number of carbonyl (C=O) groups is 2. The van der Waals surface area contributed by atoms with Gasteiger partial charge in [-0.25, -0.2) is 4.39 Å². The van der Waals surface area contributed by atoms with E-state index in [0.29, 0.717) is 46.1 Å². The second-order valence-electron chi connectivity index (χ2n) is 8.29. The summed E-state index contributed by atoms with van der Waals surface area (Å²) in [5, 5.41) is 14.6. The number of halogens is 1. The van der Waals surface area contributed by atoms with Crippen molar-refractivity contribution in [3.63, 3.8) is 0 Å². The van der Waals surface area contributed by atoms with Gasteiger partial charge in [0.2, 0.25) is 5.91 Å². The van der Waals surface area contributed by atoms with Gasteiger partial charge >= 0.3 is 0 Å². The van der Waals surface area contributed by atoms with Crippen molar-refractivity contribution in [2.75, 3.05) is 31.9 Å². The molecule has 10 nitrogen and oxygen atoms in total. The van der Waals surface area contributed by atoms with Gasteiger partial charge in [0.05, 0.1) is 33.1 Å². The fourth-order valence-corrected chi connectivity index (χ4v) is 4.46. The zero-order valence-electron chi connectivity index (χ0n) is 22.1. The Hall–Kier alpha value is -4.58. The zero-order valence-corrected chi connectivity index (χ0v) is 23.0. The normalized spacial score (nSPS) is 10.6. The number of nitrogens with one attached hydrogen (secondary N) is 2. The van der Waals surface area contributed by atoms with Crippen LogP contribution in [0.2, 0.25) is 0 Å². The number of ether oxygens (including phenoxy) is 3. The van der Waals surface area contributed by atoms with Crippen LogP contribution in [-0.2, 0) is 11.3 Å². The number of anilines is 1. The Morgan fingerprint density at radius 3 is 2.23 bits per heavy atom. The molecular weight excluding hydrogens is 537 g/mol. The van der Waals surface area contributed by atoms with Gasteiger partial charge in [-0.2, -0.15) is 0 Å². The third kappa shape index (κ3) is 7.29. The number of hydrogen-bond donors (Lipinski definition) is 2. The van der Waals surface area contributed by atoms with Gasteiger partial charge < -0.3 is 24.8 Å². The molecule has 2 amide bonds. The number of carbonyl (C=O) groups excluding carboxylic acids is 2. The Labute approximate surface area is 234 Å². The Kier molecular flexibility index (Phi) is 9.57. The highest BCUT2D eigenvalue weighted by molar-refractivity contribution is 7.99. The van der Waals surface area contributed by atoms with Crippen molar-refractivity contribution >= 4 is 29.3 Å². The predicted octanol–water partition coefficient (Wildman–Crippen LogP) is 4.48. The molecule has 0 radical (unpaired) electrons. The summed E-state index contributed by atoms with van der Waals surface area (Å²) >= 11 is 1.17. The molecule has 40 heavy (non-hydrogen) atoms. The fourth-order valence-electron chi connectivity index (χ4n) is 3.69. The minimum absolute atomic E-state index is 0.0303. The lowest BCUT2D eigenvalue weighted by molar-refractivity contribution is -0.113. The highest BCUT2D eigenvalue weighted by Crippen LogP contribution is 2.25. The average Bonchev–Trinajstić information content (AvgIpc) is 3.39. The summed E-state index contributed by atoms with van der Waals surface area (Å²) in [5.74, 6) is 1.12. The van der Waals surface area contributed by atoms with E-state index < -0.39 is 0 Å². The molecule has 0 aliphatic carbocycles. The first kappa shape index (κ1) is 28.4. The largest absolute Gasteiger partial charge is 0.497 e. The molecule has 0 aliphatic rings. The maximum Gasteiger partial charge on any atom is 0.251 e. The summed E-state index contributed by atoms with van der Waals surface area (Å²) in [6, 6.07) is 17.7. The standard InChI is InChI=1S/C28H28FN5O5S/c1-4-39-22-11-9-21(10-12-22)34-25(16-30-27(36)18-13-23(37-2)15-24(14-18)38-3)32-33-28(34)40-17-26(35)31-20-7-5-19(29)6-8-20/h5-15H,4,16-17H2,1-3H3,(H,30,36)(H,31,35). The van der Waals surface area contributed by atoms with E-state index in [2.05, 4.69) is 20.8 Å². The van der Waals surface area contributed by atoms with Gasteiger partial charge in [-0.3, -0.25) is 14.2 Å². The summed E-state index contributed by atoms with van der Waals surface area (Å²) < 4.78 is 31.0. The van der Waals surface area contributed by atoms with Crippen LogP contribution < -0.4 is 24.8 Å². The summed E-state index contributed by atoms with van der Waals surface area (Å²) in [4.78, 5) is 25.5. The first-order chi connectivity index (χ1) is 19.4. The van der Waals surface area contributed by atoms with E-state index in [1.165, 1.54) is 50.2 Å². The highest BCUT2D eigenvalue weighted by atomic mass is 32.2. The molecule has 0 saturated heterocycles. The van der Waals surface area contributed by atoms with Crippen molar-refractivity contribution in [3.8, 4) is 22.9 Å². The molecule has 0 aliphatic heterocycles. The zero-order chi connectivity index (χ0) is 28.5. The summed E-state index contributed by atoms with van der Waals surface area (Å²) in [6.07, 6.45) is 0. The molecule has 0 spiro atoms. The van der Waals surface area contributed by atoms with Crippen molar-refractivity contribution in [1.29, 1.82) is 0 Å². The van der Waals surface area contributed by atoms with Gasteiger partial charge in [-0.15, -0.1) is 10.2 Å². The minimum Gasteiger partial charge on any atom is -0.497 e. The molecule has 0 bridgehead atoms. The van der Waals surface area contributed by atoms with E-state index in [1.807, 2.05) is 31.2 Å². The quantitative estimate of drug-likeness (QED) is 0.242. The lowest BCUT2D eigenvalue weighted by Gasteiger charge is -2.13. The molecule has 0 atom stereocenters. The maximum absolute atomic E-state index is 13.2. The molecule has 1 aromatic heterocycles. The summed E-state index contributed by atoms with van der Waals surface area (Å²) in [7, 11) is 3.02. The lowest BCUT2D eigenvalue weighted by Crippen LogP contribution is -2.24. The number of thioether (sulfide) groups is 1. The topological polar surface area (TPSA) is 117 Å². The van der Waals surface area contributed by atoms with E-state index in [4.69, 9.17) is 14.2 Å². The number of rotatable bonds is 12. The number of methoxy groups -OCH3 is 2. The van der Waals surface area contributed by atoms with Crippen LogP contribution >= 0.6 is 11.8 Å². The molecule has 3 aromatic carbocycles. The van der Waals surface area contributed by atoms with Gasteiger partial charge in [0, 0.05) is 23.0 Å². The number of hydrogen-bond acceptors (Lipinski definition) is 8. The molecule has 1 heterocycles. The van der Waals surface area contributed by atoms with Crippen LogP contribution in [0.5, 0.6) is 17.2 Å². The first-order valence-electron chi connectivity index (χ1n) is 12.3. The maximum atomic E-state index is 13.2. The second-order valence-corrected chi connectivity index (χ2v) is 9.23. The Morgan fingerprint density at radius 2 is 1.60 bits per heavy atom. The van der Waals surface area contributed by atoms with Crippen molar-refractivity contribution in [2.45, 2.75) is 18.6 Å². The molecule has 12 heteroatoms. The van der Waals surface area contributed by atoms with Crippen LogP contribution in [0, 0.1) is 5.82 Å². The van der Waals surface area contributed by atoms with Gasteiger partial charge in [-0.05, 0) is 67.6 Å². The SMILES string of the molecule is CCOc1ccc(-n2c(CNC(=O)c3cc(OC)cc(OC)c3)nnc2SCC(=O)Nc2ccc(F)cc2)cc1. The van der Waals surface area contributed by atoms with Crippen LogP contribution in [0.15, 0.2) is 71.9 Å². The van der Waals surface area contributed by atoms with Crippen molar-refractivity contribution in [3.05, 3.63) is 83.9 Å². The average molecular weight is 566 g/mol. The number of aromatic nitrogens is 3. The van der Waals surface area contributed by atoms with Crippen LogP contribution in [-0.4, -0.2) is 53.2 Å². The third-order valence-corrected chi connectivity index (χ3v) is 6.52. The molecule has 0 fully saturated rings. The molecule has 0 unspecified atom stereocenters. The van der Waals surface area contributed by atoms with E-state index in [1.54, 1.807) is 22.8 Å². The predicted molar refractivity (Wildman–Crippen MR) is 149 cm³/mol. The molecule has 2 N–H and O–H groups in total. The van der Waals surface area contributed by atoms with Gasteiger partial charge in [-0.1, -0.05) is 11.8 Å². The third-order valence-electron chi connectivity index (χ3n) is 5.59. The van der Waals surface area contributed by atoms with Crippen molar-refractivity contribution in [2.24, 2.45) is 0 Å². The van der Waals surface area contributed by atoms with E-state index in [9.17, 15) is 14.0 Å². The molecule has 208 valence electrons. The molecule has 4 aromatic rings. The Morgan fingerprint density at radius 1 is 0.925 bits per heavy atom. The van der Waals surface area contributed by atoms with Gasteiger partial charge in [0.25, 0.3) is 5.91 Å². The van der Waals surface area contributed by atoms with Gasteiger partial charge in [0.1, 0.15) is 23.1 Å². The summed E-state index contributed by atoms with van der Waals surface area (Å²) in [5.41, 5.74) is 1.56. The molecule has 0 saturated carbocycles. The van der Waals surface area contributed by atoms with Crippen LogP contribution in [0.3, 0.4) is 0 Å². The van der Waals surface area contributed by atoms with Crippen molar-refractivity contribution in [1.82, 2.24) is 20.1 Å². The fraction of sp³-hybridized carbons (Fsp3) is 0.214. The van der Waals surface area contributed by atoms with Crippen LogP contribution in [0.25, 0.3) is 5.69 Å². The molecular formula is C28H28FN5O5S. The smallest absolute Gasteiger partial charge is 0.251 e. The van der Waals surface area contributed by atoms with E-state index in [0.717, 1.165) is 5.69 Å². The number of nitrogens with zero attached hydrogens (tertiary/aromatic N) is 3.